The predicted octanol–water partition coefficient (Wildman–Crippen LogP) is 0.637. The van der Waals surface area contributed by atoms with Crippen molar-refractivity contribution in [2.75, 3.05) is 0 Å². The summed E-state index contributed by atoms with van der Waals surface area (Å²) in [5.74, 6) is -3.55. The number of rotatable bonds is 11. The van der Waals surface area contributed by atoms with Crippen LogP contribution in [0.4, 0.5) is 4.79 Å². The third kappa shape index (κ3) is 8.77. The van der Waals surface area contributed by atoms with Crippen molar-refractivity contribution in [3.05, 3.63) is 0 Å². The van der Waals surface area contributed by atoms with Crippen LogP contribution in [0.15, 0.2) is 0 Å². The molecule has 0 aromatic carbocycles. The second-order valence-corrected chi connectivity index (χ2v) is 4.83. The number of hydrogen-bond donors (Lipinski definition) is 5. The molecule has 126 valence electrons. The maximum absolute atomic E-state index is 11.7. The number of amides is 2. The fraction of sp³-hybridized carbons (Fsp3) is 0.692. The smallest absolute Gasteiger partial charge is 0.326 e. The van der Waals surface area contributed by atoms with E-state index < -0.39 is 36.0 Å². The monoisotopic (exact) mass is 318 g/mol. The number of urea groups is 1. The second-order valence-electron chi connectivity index (χ2n) is 4.83. The largest absolute Gasteiger partial charge is 0.481 e. The first-order chi connectivity index (χ1) is 10.3. The molecule has 2 amide bonds. The lowest BCUT2D eigenvalue weighted by atomic mass is 10.1. The minimum absolute atomic E-state index is 0.0538. The molecule has 0 unspecified atom stereocenters. The van der Waals surface area contributed by atoms with E-state index in [1.807, 2.05) is 6.92 Å². The van der Waals surface area contributed by atoms with Crippen LogP contribution in [0, 0.1) is 0 Å². The maximum Gasteiger partial charge on any atom is 0.326 e. The average Bonchev–Trinajstić information content (AvgIpc) is 2.41. The van der Waals surface area contributed by atoms with Gasteiger partial charge in [0.1, 0.15) is 12.1 Å². The molecule has 2 atom stereocenters. The lowest BCUT2D eigenvalue weighted by Crippen LogP contribution is -2.51. The predicted molar refractivity (Wildman–Crippen MR) is 75.5 cm³/mol. The number of carboxylic acid groups (broad SMARTS) is 3. The summed E-state index contributed by atoms with van der Waals surface area (Å²) in [6, 6.07) is -3.25. The van der Waals surface area contributed by atoms with Crippen molar-refractivity contribution >= 4 is 23.9 Å². The first kappa shape index (κ1) is 19.7. The number of aliphatic carboxylic acids is 3. The van der Waals surface area contributed by atoms with Crippen molar-refractivity contribution in [2.24, 2.45) is 0 Å². The fourth-order valence-corrected chi connectivity index (χ4v) is 1.74. The quantitative estimate of drug-likeness (QED) is 0.374. The van der Waals surface area contributed by atoms with E-state index in [-0.39, 0.29) is 25.7 Å². The Hall–Kier alpha value is -2.32. The van der Waals surface area contributed by atoms with Crippen LogP contribution in [0.3, 0.4) is 0 Å². The van der Waals surface area contributed by atoms with Crippen molar-refractivity contribution in [3.63, 3.8) is 0 Å². The molecule has 5 N–H and O–H groups in total. The standard InChI is InChI=1S/C13H22N2O7/c1-2-3-5-8(11(18)19)14-13(22)15-9(12(20)21)6-4-7-10(16)17/h8-9H,2-7H2,1H3,(H,16,17)(H,18,19)(H,20,21)(H2,14,15,22)/t8-,9+/m0/s1. The number of carbonyl (C=O) groups is 4. The van der Waals surface area contributed by atoms with Gasteiger partial charge in [-0.25, -0.2) is 14.4 Å². The number of carbonyl (C=O) groups excluding carboxylic acids is 1. The van der Waals surface area contributed by atoms with E-state index >= 15 is 0 Å². The Morgan fingerprint density at radius 3 is 1.68 bits per heavy atom. The zero-order valence-corrected chi connectivity index (χ0v) is 12.4. The van der Waals surface area contributed by atoms with Gasteiger partial charge in [0.2, 0.25) is 0 Å². The summed E-state index contributed by atoms with van der Waals surface area (Å²) in [5, 5.41) is 30.8. The van der Waals surface area contributed by atoms with E-state index in [4.69, 9.17) is 15.3 Å². The van der Waals surface area contributed by atoms with Gasteiger partial charge in [-0.2, -0.15) is 0 Å². The van der Waals surface area contributed by atoms with Crippen LogP contribution in [-0.4, -0.2) is 51.3 Å². The molecule has 9 nitrogen and oxygen atoms in total. The van der Waals surface area contributed by atoms with Crippen LogP contribution >= 0.6 is 0 Å². The Kier molecular flexibility index (Phi) is 9.31. The minimum Gasteiger partial charge on any atom is -0.481 e. The third-order valence-corrected chi connectivity index (χ3v) is 2.94. The van der Waals surface area contributed by atoms with Crippen molar-refractivity contribution in [3.8, 4) is 0 Å². The van der Waals surface area contributed by atoms with E-state index in [0.717, 1.165) is 6.42 Å². The van der Waals surface area contributed by atoms with Gasteiger partial charge in [0, 0.05) is 6.42 Å². The summed E-state index contributed by atoms with van der Waals surface area (Å²) in [6.45, 7) is 1.88. The number of hydrogen-bond acceptors (Lipinski definition) is 4. The van der Waals surface area contributed by atoms with Crippen molar-refractivity contribution in [2.45, 2.75) is 57.5 Å². The first-order valence-corrected chi connectivity index (χ1v) is 7.02. The van der Waals surface area contributed by atoms with Crippen molar-refractivity contribution in [1.29, 1.82) is 0 Å². The number of carboxylic acids is 3. The molecule has 0 aliphatic rings. The lowest BCUT2D eigenvalue weighted by Gasteiger charge is -2.18. The Morgan fingerprint density at radius 1 is 0.864 bits per heavy atom. The molecule has 0 saturated heterocycles. The van der Waals surface area contributed by atoms with Crippen molar-refractivity contribution < 1.29 is 34.5 Å². The molecule has 0 heterocycles. The summed E-state index contributed by atoms with van der Waals surface area (Å²) in [6.07, 6.45) is 1.45. The van der Waals surface area contributed by atoms with Gasteiger partial charge in [-0.05, 0) is 19.3 Å². The van der Waals surface area contributed by atoms with E-state index in [0.29, 0.717) is 6.42 Å². The molecule has 0 rings (SSSR count). The van der Waals surface area contributed by atoms with E-state index in [2.05, 4.69) is 10.6 Å². The Bertz CT molecular complexity index is 411. The molecular formula is C13H22N2O7. The van der Waals surface area contributed by atoms with E-state index in [1.165, 1.54) is 0 Å². The van der Waals surface area contributed by atoms with E-state index in [1.54, 1.807) is 0 Å². The summed E-state index contributed by atoms with van der Waals surface area (Å²) in [7, 11) is 0. The van der Waals surface area contributed by atoms with Gasteiger partial charge >= 0.3 is 23.9 Å². The van der Waals surface area contributed by atoms with Crippen LogP contribution in [0.1, 0.15) is 45.4 Å². The van der Waals surface area contributed by atoms with Crippen molar-refractivity contribution in [1.82, 2.24) is 10.6 Å². The van der Waals surface area contributed by atoms with Crippen LogP contribution < -0.4 is 10.6 Å². The molecule has 0 aromatic rings. The normalized spacial score (nSPS) is 13.0. The average molecular weight is 318 g/mol. The Morgan fingerprint density at radius 2 is 1.32 bits per heavy atom. The zero-order valence-electron chi connectivity index (χ0n) is 12.4. The fourth-order valence-electron chi connectivity index (χ4n) is 1.74. The molecule has 0 aliphatic carbocycles. The van der Waals surface area contributed by atoms with Gasteiger partial charge in [0.15, 0.2) is 0 Å². The van der Waals surface area contributed by atoms with Crippen LogP contribution in [-0.2, 0) is 14.4 Å². The number of nitrogens with one attached hydrogen (secondary N) is 2. The van der Waals surface area contributed by atoms with Crippen LogP contribution in [0.25, 0.3) is 0 Å². The number of unbranched alkanes of at least 4 members (excludes halogenated alkanes) is 1. The molecule has 22 heavy (non-hydrogen) atoms. The topological polar surface area (TPSA) is 153 Å². The highest BCUT2D eigenvalue weighted by Gasteiger charge is 2.23. The third-order valence-electron chi connectivity index (χ3n) is 2.94. The zero-order chi connectivity index (χ0) is 17.1. The summed E-state index contributed by atoms with van der Waals surface area (Å²) < 4.78 is 0. The minimum atomic E-state index is -1.30. The van der Waals surface area contributed by atoms with Gasteiger partial charge < -0.3 is 26.0 Å². The van der Waals surface area contributed by atoms with Gasteiger partial charge in [0.25, 0.3) is 0 Å². The van der Waals surface area contributed by atoms with Gasteiger partial charge in [-0.3, -0.25) is 4.79 Å². The van der Waals surface area contributed by atoms with Crippen LogP contribution in [0.5, 0.6) is 0 Å². The Balaban J connectivity index is 4.44. The highest BCUT2D eigenvalue weighted by molar-refractivity contribution is 5.86. The van der Waals surface area contributed by atoms with E-state index in [9.17, 15) is 19.2 Å². The summed E-state index contributed by atoms with van der Waals surface area (Å²) in [5.41, 5.74) is 0. The van der Waals surface area contributed by atoms with Gasteiger partial charge in [0.05, 0.1) is 0 Å². The van der Waals surface area contributed by atoms with Gasteiger partial charge in [-0.15, -0.1) is 0 Å². The molecular weight excluding hydrogens is 296 g/mol. The van der Waals surface area contributed by atoms with Crippen LogP contribution in [0.2, 0.25) is 0 Å². The molecule has 0 bridgehead atoms. The summed E-state index contributed by atoms with van der Waals surface area (Å²) in [4.78, 5) is 44.0. The van der Waals surface area contributed by atoms with Gasteiger partial charge in [-0.1, -0.05) is 19.8 Å². The molecule has 9 heteroatoms. The first-order valence-electron chi connectivity index (χ1n) is 7.02. The maximum atomic E-state index is 11.7. The molecule has 0 spiro atoms. The second kappa shape index (κ2) is 10.4. The molecule has 0 aromatic heterocycles. The molecule has 0 aliphatic heterocycles. The Labute approximate surface area is 127 Å². The molecule has 0 radical (unpaired) electrons. The SMILES string of the molecule is CCCC[C@H](NC(=O)N[C@H](CCCC(=O)O)C(=O)O)C(=O)O. The molecule has 0 fully saturated rings. The lowest BCUT2D eigenvalue weighted by molar-refractivity contribution is -0.140. The summed E-state index contributed by atoms with van der Waals surface area (Å²) >= 11 is 0. The highest BCUT2D eigenvalue weighted by Crippen LogP contribution is 2.03. The highest BCUT2D eigenvalue weighted by atomic mass is 16.4. The molecule has 0 saturated carbocycles.